The van der Waals surface area contributed by atoms with E-state index in [0.717, 1.165) is 18.7 Å². The number of nitrogens with zero attached hydrogens (tertiary/aromatic N) is 1. The number of carboxylic acid groups (broad SMARTS) is 1. The molecule has 2 atom stereocenters. The Kier molecular flexibility index (Phi) is 3.81. The molecule has 2 unspecified atom stereocenters. The first-order chi connectivity index (χ1) is 8.50. The van der Waals surface area contributed by atoms with E-state index in [9.17, 15) is 9.90 Å². The van der Waals surface area contributed by atoms with Gasteiger partial charge in [0.15, 0.2) is 0 Å². The number of halogens is 1. The summed E-state index contributed by atoms with van der Waals surface area (Å²) in [6, 6.07) is 5.33. The quantitative estimate of drug-likeness (QED) is 0.889. The van der Waals surface area contributed by atoms with Crippen molar-refractivity contribution in [3.63, 3.8) is 0 Å². The lowest BCUT2D eigenvalue weighted by Crippen LogP contribution is -2.43. The minimum Gasteiger partial charge on any atom is -0.478 e. The van der Waals surface area contributed by atoms with Gasteiger partial charge in [-0.1, -0.05) is 18.5 Å². The predicted octanol–water partition coefficient (Wildman–Crippen LogP) is 3.66. The minimum absolute atomic E-state index is 0.334. The zero-order valence-corrected chi connectivity index (χ0v) is 11.4. The Balaban J connectivity index is 2.42. The zero-order chi connectivity index (χ0) is 13.3. The standard InChI is InChI=1S/C14H18ClNO2/c1-9-4-3-7-16(10(9)2)13-8-11(15)5-6-12(13)14(17)18/h5-6,8-10H,3-4,7H2,1-2H3,(H,17,18). The van der Waals surface area contributed by atoms with Gasteiger partial charge in [0.25, 0.3) is 0 Å². The van der Waals surface area contributed by atoms with Crippen molar-refractivity contribution in [1.82, 2.24) is 0 Å². The van der Waals surface area contributed by atoms with Gasteiger partial charge in [0.2, 0.25) is 0 Å². The van der Waals surface area contributed by atoms with Gasteiger partial charge in [-0.15, -0.1) is 0 Å². The summed E-state index contributed by atoms with van der Waals surface area (Å²) in [6.45, 7) is 5.25. The molecule has 3 nitrogen and oxygen atoms in total. The van der Waals surface area contributed by atoms with Crippen LogP contribution in [0, 0.1) is 5.92 Å². The van der Waals surface area contributed by atoms with Gasteiger partial charge in [-0.2, -0.15) is 0 Å². The molecular weight excluding hydrogens is 250 g/mol. The molecule has 0 bridgehead atoms. The van der Waals surface area contributed by atoms with Gasteiger partial charge in [0, 0.05) is 17.6 Å². The van der Waals surface area contributed by atoms with Gasteiger partial charge in [0.05, 0.1) is 11.3 Å². The molecule has 1 saturated heterocycles. The average molecular weight is 268 g/mol. The van der Waals surface area contributed by atoms with Gasteiger partial charge < -0.3 is 10.0 Å². The molecule has 0 aromatic heterocycles. The summed E-state index contributed by atoms with van der Waals surface area (Å²) in [7, 11) is 0. The van der Waals surface area contributed by atoms with Gasteiger partial charge in [0.1, 0.15) is 0 Å². The Morgan fingerprint density at radius 3 is 2.83 bits per heavy atom. The normalized spacial score (nSPS) is 24.1. The number of benzene rings is 1. The molecule has 0 aliphatic carbocycles. The SMILES string of the molecule is CC1CCCN(c2cc(Cl)ccc2C(=O)O)C1C. The zero-order valence-electron chi connectivity index (χ0n) is 10.7. The first-order valence-electron chi connectivity index (χ1n) is 6.30. The lowest BCUT2D eigenvalue weighted by atomic mass is 9.91. The Morgan fingerprint density at radius 2 is 2.17 bits per heavy atom. The highest BCUT2D eigenvalue weighted by atomic mass is 35.5. The Morgan fingerprint density at radius 1 is 1.44 bits per heavy atom. The summed E-state index contributed by atoms with van der Waals surface area (Å²) in [5.41, 5.74) is 1.08. The predicted molar refractivity (Wildman–Crippen MR) is 73.6 cm³/mol. The Hall–Kier alpha value is -1.22. The van der Waals surface area contributed by atoms with Crippen LogP contribution in [0.4, 0.5) is 5.69 Å². The van der Waals surface area contributed by atoms with E-state index in [1.807, 2.05) is 0 Å². The van der Waals surface area contributed by atoms with Crippen molar-refractivity contribution in [1.29, 1.82) is 0 Å². The van der Waals surface area contributed by atoms with E-state index in [4.69, 9.17) is 11.6 Å². The van der Waals surface area contributed by atoms with Crippen LogP contribution < -0.4 is 4.90 Å². The van der Waals surface area contributed by atoms with E-state index < -0.39 is 5.97 Å². The molecule has 0 amide bonds. The number of hydrogen-bond acceptors (Lipinski definition) is 2. The first kappa shape index (κ1) is 13.2. The second-order valence-corrected chi connectivity index (χ2v) is 5.46. The largest absolute Gasteiger partial charge is 0.478 e. The molecular formula is C14H18ClNO2. The maximum absolute atomic E-state index is 11.3. The van der Waals surface area contributed by atoms with Crippen LogP contribution in [-0.2, 0) is 0 Å². The van der Waals surface area contributed by atoms with Crippen LogP contribution in [-0.4, -0.2) is 23.7 Å². The number of carbonyl (C=O) groups is 1. The third kappa shape index (κ3) is 2.46. The monoisotopic (exact) mass is 267 g/mol. The highest BCUT2D eigenvalue weighted by Crippen LogP contribution is 2.32. The summed E-state index contributed by atoms with van der Waals surface area (Å²) >= 11 is 6.01. The van der Waals surface area contributed by atoms with Crippen LogP contribution in [0.5, 0.6) is 0 Å². The summed E-state index contributed by atoms with van der Waals surface area (Å²) in [5.74, 6) is -0.327. The van der Waals surface area contributed by atoms with Crippen molar-refractivity contribution >= 4 is 23.3 Å². The molecule has 1 N–H and O–H groups in total. The van der Waals surface area contributed by atoms with Crippen LogP contribution in [0.1, 0.15) is 37.0 Å². The summed E-state index contributed by atoms with van der Waals surface area (Å²) in [5, 5.41) is 9.85. The molecule has 18 heavy (non-hydrogen) atoms. The molecule has 1 aliphatic heterocycles. The molecule has 1 aliphatic rings. The molecule has 4 heteroatoms. The van der Waals surface area contributed by atoms with Crippen LogP contribution in [0.25, 0.3) is 0 Å². The maximum Gasteiger partial charge on any atom is 0.337 e. The number of aromatic carboxylic acids is 1. The van der Waals surface area contributed by atoms with Crippen LogP contribution in [0.15, 0.2) is 18.2 Å². The molecule has 0 spiro atoms. The van der Waals surface area contributed by atoms with Gasteiger partial charge in [-0.3, -0.25) is 0 Å². The lowest BCUT2D eigenvalue weighted by molar-refractivity contribution is 0.0697. The van der Waals surface area contributed by atoms with E-state index in [-0.39, 0.29) is 0 Å². The number of carboxylic acids is 1. The highest BCUT2D eigenvalue weighted by molar-refractivity contribution is 6.31. The summed E-state index contributed by atoms with van der Waals surface area (Å²) in [4.78, 5) is 13.5. The molecule has 1 heterocycles. The fourth-order valence-corrected chi connectivity index (χ4v) is 2.77. The van der Waals surface area contributed by atoms with E-state index in [1.165, 1.54) is 6.42 Å². The molecule has 98 valence electrons. The molecule has 1 aromatic rings. The van der Waals surface area contributed by atoms with E-state index in [1.54, 1.807) is 18.2 Å². The fraction of sp³-hybridized carbons (Fsp3) is 0.500. The van der Waals surface area contributed by atoms with Crippen molar-refractivity contribution in [3.05, 3.63) is 28.8 Å². The number of rotatable bonds is 2. The molecule has 1 fully saturated rings. The van der Waals surface area contributed by atoms with E-state index >= 15 is 0 Å². The minimum atomic E-state index is -0.896. The van der Waals surface area contributed by atoms with Crippen LogP contribution >= 0.6 is 11.6 Å². The van der Waals surface area contributed by atoms with Crippen molar-refractivity contribution in [2.75, 3.05) is 11.4 Å². The summed E-state index contributed by atoms with van der Waals surface area (Å²) < 4.78 is 0. The number of piperidine rings is 1. The van der Waals surface area contributed by atoms with Crippen molar-refractivity contribution < 1.29 is 9.90 Å². The van der Waals surface area contributed by atoms with Crippen molar-refractivity contribution in [2.45, 2.75) is 32.7 Å². The molecule has 2 rings (SSSR count). The summed E-state index contributed by atoms with van der Waals surface area (Å²) in [6.07, 6.45) is 2.29. The number of anilines is 1. The highest BCUT2D eigenvalue weighted by Gasteiger charge is 2.27. The maximum atomic E-state index is 11.3. The van der Waals surface area contributed by atoms with E-state index in [2.05, 4.69) is 18.7 Å². The smallest absolute Gasteiger partial charge is 0.337 e. The van der Waals surface area contributed by atoms with E-state index in [0.29, 0.717) is 22.5 Å². The topological polar surface area (TPSA) is 40.5 Å². The Labute approximate surface area is 112 Å². The molecule has 0 radical (unpaired) electrons. The lowest BCUT2D eigenvalue weighted by Gasteiger charge is -2.40. The fourth-order valence-electron chi connectivity index (χ4n) is 2.60. The van der Waals surface area contributed by atoms with Gasteiger partial charge >= 0.3 is 5.97 Å². The average Bonchev–Trinajstić information content (AvgIpc) is 2.32. The first-order valence-corrected chi connectivity index (χ1v) is 6.68. The Bertz CT molecular complexity index is 461. The van der Waals surface area contributed by atoms with Gasteiger partial charge in [-0.25, -0.2) is 4.79 Å². The van der Waals surface area contributed by atoms with Crippen LogP contribution in [0.3, 0.4) is 0 Å². The second-order valence-electron chi connectivity index (χ2n) is 5.02. The third-order valence-corrected chi connectivity index (χ3v) is 4.11. The van der Waals surface area contributed by atoms with Gasteiger partial charge in [-0.05, 0) is 43.9 Å². The number of hydrogen-bond donors (Lipinski definition) is 1. The molecule has 0 saturated carbocycles. The van der Waals surface area contributed by atoms with Crippen LogP contribution in [0.2, 0.25) is 5.02 Å². The second kappa shape index (κ2) is 5.19. The molecule has 1 aromatic carbocycles. The van der Waals surface area contributed by atoms with Crippen molar-refractivity contribution in [3.8, 4) is 0 Å². The van der Waals surface area contributed by atoms with Crippen molar-refractivity contribution in [2.24, 2.45) is 5.92 Å². The third-order valence-electron chi connectivity index (χ3n) is 3.87.